The first-order valence-corrected chi connectivity index (χ1v) is 11.1. The van der Waals surface area contributed by atoms with Crippen LogP contribution in [0.1, 0.15) is 104 Å². The van der Waals surface area contributed by atoms with Gasteiger partial charge in [-0.1, -0.05) is 130 Å². The van der Waals surface area contributed by atoms with E-state index in [1.165, 1.54) is 83.5 Å². The molecular weight excluding hydrogens is 470 g/mol. The maximum atomic E-state index is 2.76. The van der Waals surface area contributed by atoms with E-state index in [-0.39, 0.29) is 0 Å². The normalized spacial score (nSPS) is 13.7. The summed E-state index contributed by atoms with van der Waals surface area (Å²) >= 11 is 5.52. The summed E-state index contributed by atoms with van der Waals surface area (Å²) in [5.74, 6) is 0.932. The van der Waals surface area contributed by atoms with Gasteiger partial charge in [0.15, 0.2) is 0 Å². The lowest BCUT2D eigenvalue weighted by Crippen LogP contribution is -2.24. The van der Waals surface area contributed by atoms with E-state index in [1.54, 1.807) is 0 Å². The molecule has 0 aliphatic carbocycles. The van der Waals surface area contributed by atoms with Crippen LogP contribution in [0, 0.1) is 5.92 Å². The SMILES string of the molecule is CCCCCCCCC(CCCC)C(I)(I)CCCC. The highest BCUT2D eigenvalue weighted by atomic mass is 127. The molecule has 0 aliphatic heterocycles. The zero-order chi connectivity index (χ0) is 15.3. The molecule has 122 valence electrons. The Bertz CT molecular complexity index is 202. The Morgan fingerprint density at radius 1 is 0.650 bits per heavy atom. The Morgan fingerprint density at radius 2 is 1.15 bits per heavy atom. The van der Waals surface area contributed by atoms with Gasteiger partial charge in [-0.15, -0.1) is 0 Å². The highest BCUT2D eigenvalue weighted by Crippen LogP contribution is 2.45. The Balaban J connectivity index is 4.06. The van der Waals surface area contributed by atoms with Crippen molar-refractivity contribution in [2.75, 3.05) is 0 Å². The minimum atomic E-state index is 0.504. The summed E-state index contributed by atoms with van der Waals surface area (Å²) in [6, 6.07) is 0. The molecule has 1 atom stereocenters. The molecule has 0 saturated carbocycles. The molecule has 0 N–H and O–H groups in total. The smallest absolute Gasteiger partial charge is 0.0669 e. The second-order valence-corrected chi connectivity index (χ2v) is 12.2. The summed E-state index contributed by atoms with van der Waals surface area (Å²) in [6.07, 6.45) is 18.4. The molecule has 0 aromatic carbocycles. The fourth-order valence-electron chi connectivity index (χ4n) is 2.80. The fourth-order valence-corrected chi connectivity index (χ4v) is 4.81. The lowest BCUT2D eigenvalue weighted by molar-refractivity contribution is 0.384. The van der Waals surface area contributed by atoms with Crippen LogP contribution in [0.3, 0.4) is 0 Å². The van der Waals surface area contributed by atoms with Gasteiger partial charge in [0.25, 0.3) is 0 Å². The molecule has 0 rings (SSSR count). The summed E-state index contributed by atoms with van der Waals surface area (Å²) in [5.41, 5.74) is 0. The van der Waals surface area contributed by atoms with Crippen LogP contribution in [0.5, 0.6) is 0 Å². The van der Waals surface area contributed by atoms with Crippen LogP contribution in [-0.2, 0) is 0 Å². The average molecular weight is 506 g/mol. The molecule has 0 aromatic heterocycles. The summed E-state index contributed by atoms with van der Waals surface area (Å²) in [4.78, 5) is 0. The summed E-state index contributed by atoms with van der Waals surface area (Å²) < 4.78 is 0.504. The average Bonchev–Trinajstić information content (AvgIpc) is 2.43. The van der Waals surface area contributed by atoms with Crippen LogP contribution in [0.25, 0.3) is 0 Å². The van der Waals surface area contributed by atoms with Crippen molar-refractivity contribution in [3.05, 3.63) is 0 Å². The predicted molar refractivity (Wildman–Crippen MR) is 111 cm³/mol. The van der Waals surface area contributed by atoms with Crippen molar-refractivity contribution in [1.82, 2.24) is 0 Å². The van der Waals surface area contributed by atoms with E-state index in [9.17, 15) is 0 Å². The third kappa shape index (κ3) is 11.1. The Hall–Kier alpha value is 1.46. The van der Waals surface area contributed by atoms with Crippen molar-refractivity contribution >= 4 is 45.2 Å². The van der Waals surface area contributed by atoms with Crippen molar-refractivity contribution in [2.24, 2.45) is 5.92 Å². The van der Waals surface area contributed by atoms with Crippen molar-refractivity contribution < 1.29 is 0 Å². The monoisotopic (exact) mass is 506 g/mol. The highest BCUT2D eigenvalue weighted by Gasteiger charge is 2.31. The molecule has 0 aromatic rings. The molecule has 0 nitrogen and oxygen atoms in total. The van der Waals surface area contributed by atoms with E-state index >= 15 is 0 Å². The molecule has 0 heterocycles. The summed E-state index contributed by atoms with van der Waals surface area (Å²) in [5, 5.41) is 0. The van der Waals surface area contributed by atoms with Gasteiger partial charge in [-0.05, 0) is 25.2 Å². The lowest BCUT2D eigenvalue weighted by atomic mass is 9.90. The molecule has 0 aliphatic rings. The minimum absolute atomic E-state index is 0.504. The topological polar surface area (TPSA) is 0 Å². The molecule has 0 spiro atoms. The van der Waals surface area contributed by atoms with Gasteiger partial charge in [-0.3, -0.25) is 0 Å². The first-order chi connectivity index (χ1) is 9.58. The molecule has 0 radical (unpaired) electrons. The van der Waals surface area contributed by atoms with E-state index in [0.717, 1.165) is 5.92 Å². The van der Waals surface area contributed by atoms with Gasteiger partial charge in [0.1, 0.15) is 0 Å². The van der Waals surface area contributed by atoms with Gasteiger partial charge in [0.2, 0.25) is 0 Å². The first kappa shape index (κ1) is 21.5. The molecule has 20 heavy (non-hydrogen) atoms. The van der Waals surface area contributed by atoms with Gasteiger partial charge in [-0.2, -0.15) is 0 Å². The summed E-state index contributed by atoms with van der Waals surface area (Å²) in [6.45, 7) is 6.95. The molecular formula is C18H36I2. The largest absolute Gasteiger partial charge is 0.0762 e. The molecule has 0 saturated heterocycles. The minimum Gasteiger partial charge on any atom is -0.0669 e. The summed E-state index contributed by atoms with van der Waals surface area (Å²) in [7, 11) is 0. The van der Waals surface area contributed by atoms with Gasteiger partial charge < -0.3 is 0 Å². The van der Waals surface area contributed by atoms with E-state index < -0.39 is 0 Å². The van der Waals surface area contributed by atoms with Crippen molar-refractivity contribution in [3.8, 4) is 0 Å². The Labute approximate surface area is 155 Å². The van der Waals surface area contributed by atoms with Crippen molar-refractivity contribution in [2.45, 2.75) is 106 Å². The number of unbranched alkanes of at least 4 members (excludes halogenated alkanes) is 7. The molecule has 0 bridgehead atoms. The van der Waals surface area contributed by atoms with Gasteiger partial charge >= 0.3 is 0 Å². The number of rotatable bonds is 14. The third-order valence-corrected chi connectivity index (χ3v) is 7.11. The number of hydrogen-bond donors (Lipinski definition) is 0. The zero-order valence-electron chi connectivity index (χ0n) is 14.0. The molecule has 1 unspecified atom stereocenters. The van der Waals surface area contributed by atoms with Crippen LogP contribution < -0.4 is 0 Å². The van der Waals surface area contributed by atoms with E-state index in [4.69, 9.17) is 0 Å². The van der Waals surface area contributed by atoms with Crippen LogP contribution in [0.15, 0.2) is 0 Å². The maximum Gasteiger partial charge on any atom is 0.0762 e. The second kappa shape index (κ2) is 14.1. The molecule has 0 fully saturated rings. The number of halogens is 2. The van der Waals surface area contributed by atoms with E-state index in [2.05, 4.69) is 66.0 Å². The number of alkyl halides is 2. The zero-order valence-corrected chi connectivity index (χ0v) is 18.3. The lowest BCUT2D eigenvalue weighted by Gasteiger charge is -2.31. The standard InChI is InChI=1S/C18H36I2/c1-4-7-10-11-12-13-15-17(14-8-5-2)18(19,20)16-9-6-3/h17H,4-16H2,1-3H3. The number of hydrogen-bond acceptors (Lipinski definition) is 0. The third-order valence-electron chi connectivity index (χ3n) is 4.27. The van der Waals surface area contributed by atoms with Crippen LogP contribution in [0.2, 0.25) is 0 Å². The van der Waals surface area contributed by atoms with E-state index in [0.29, 0.717) is 1.43 Å². The van der Waals surface area contributed by atoms with Crippen LogP contribution in [-0.4, -0.2) is 1.43 Å². The van der Waals surface area contributed by atoms with Crippen molar-refractivity contribution in [1.29, 1.82) is 0 Å². The second-order valence-electron chi connectivity index (χ2n) is 6.26. The van der Waals surface area contributed by atoms with E-state index in [1.807, 2.05) is 0 Å². The molecule has 0 amide bonds. The van der Waals surface area contributed by atoms with Gasteiger partial charge in [-0.25, -0.2) is 0 Å². The van der Waals surface area contributed by atoms with Crippen LogP contribution >= 0.6 is 45.2 Å². The van der Waals surface area contributed by atoms with Crippen LogP contribution in [0.4, 0.5) is 0 Å². The molecule has 2 heteroatoms. The fraction of sp³-hybridized carbons (Fsp3) is 1.00. The highest BCUT2D eigenvalue weighted by molar-refractivity contribution is 14.2. The Kier molecular flexibility index (Phi) is 15.1. The quantitative estimate of drug-likeness (QED) is 0.126. The van der Waals surface area contributed by atoms with Crippen molar-refractivity contribution in [3.63, 3.8) is 0 Å². The Morgan fingerprint density at radius 3 is 1.75 bits per heavy atom. The first-order valence-electron chi connectivity index (χ1n) is 8.96. The predicted octanol–water partition coefficient (Wildman–Crippen LogP) is 8.30. The van der Waals surface area contributed by atoms with Gasteiger partial charge in [0.05, 0.1) is 1.43 Å². The van der Waals surface area contributed by atoms with Gasteiger partial charge in [0, 0.05) is 0 Å². The maximum absolute atomic E-state index is 2.76.